The van der Waals surface area contributed by atoms with Gasteiger partial charge in [-0.25, -0.2) is 19.2 Å². The maximum Gasteiger partial charge on any atom is 0.338 e. The Bertz CT molecular complexity index is 2680. The highest BCUT2D eigenvalue weighted by molar-refractivity contribution is 5.91. The Hall–Kier alpha value is -7.57. The van der Waals surface area contributed by atoms with Gasteiger partial charge >= 0.3 is 23.9 Å². The van der Waals surface area contributed by atoms with Crippen LogP contribution in [0.1, 0.15) is 59.5 Å². The number of ether oxygens (including phenoxy) is 9. The Balaban J connectivity index is 1.24. The van der Waals surface area contributed by atoms with E-state index in [1.54, 1.807) is 84.9 Å². The molecule has 0 bridgehead atoms. The average Bonchev–Trinajstić information content (AvgIpc) is 3.41. The summed E-state index contributed by atoms with van der Waals surface area (Å²) in [7, 11) is 0. The van der Waals surface area contributed by atoms with Crippen molar-refractivity contribution in [3.05, 3.63) is 215 Å². The number of carbonyl (C=O) groups is 5. The topological polar surface area (TPSA) is 201 Å². The summed E-state index contributed by atoms with van der Waals surface area (Å²) >= 11 is 0. The number of hydrogen-bond donors (Lipinski definition) is 2. The third-order valence-electron chi connectivity index (χ3n) is 11.7. The molecule has 8 rings (SSSR count). The normalized spacial score (nSPS) is 23.7. The van der Waals surface area contributed by atoms with Crippen LogP contribution in [0.15, 0.2) is 182 Å². The van der Waals surface area contributed by atoms with Gasteiger partial charge in [-0.2, -0.15) is 0 Å². The van der Waals surface area contributed by atoms with E-state index in [0.29, 0.717) is 0 Å². The van der Waals surface area contributed by atoms with Crippen molar-refractivity contribution in [3.63, 3.8) is 0 Å². The number of benzene rings is 6. The van der Waals surface area contributed by atoms with E-state index in [-0.39, 0.29) is 42.1 Å². The van der Waals surface area contributed by atoms with E-state index in [9.17, 15) is 29.1 Å². The van der Waals surface area contributed by atoms with Crippen molar-refractivity contribution in [3.8, 4) is 0 Å². The molecule has 0 saturated carbocycles. The van der Waals surface area contributed by atoms with Gasteiger partial charge in [-0.05, 0) is 59.7 Å². The third-order valence-corrected chi connectivity index (χ3v) is 11.7. The zero-order valence-corrected chi connectivity index (χ0v) is 39.1. The van der Waals surface area contributed by atoms with Gasteiger partial charge in [0.25, 0.3) is 0 Å². The SMILES string of the molecule is CC(=O)N[C@@H]1[C@@H](OCc2ccccc2)[C@H](O[C@H]2O[C@H](COC(=O)c3ccccc3)[C@@H](OC(=O)c3ccccc3)[C@H](OC(=O)c3ccccc3)[C@H]2OC(=O)c2ccccc2)[C@@H](COCc2ccccc2)O[C@@H]1O. The number of rotatable bonds is 19. The number of aliphatic hydroxyl groups excluding tert-OH is 1. The van der Waals surface area contributed by atoms with Crippen LogP contribution in [0.3, 0.4) is 0 Å². The van der Waals surface area contributed by atoms with E-state index >= 15 is 0 Å². The molecule has 16 heteroatoms. The van der Waals surface area contributed by atoms with E-state index in [4.69, 9.17) is 42.6 Å². The van der Waals surface area contributed by atoms with Crippen molar-refractivity contribution in [2.24, 2.45) is 0 Å². The highest BCUT2D eigenvalue weighted by Crippen LogP contribution is 2.36. The van der Waals surface area contributed by atoms with Gasteiger partial charge < -0.3 is 53.1 Å². The van der Waals surface area contributed by atoms with Gasteiger partial charge in [0, 0.05) is 6.92 Å². The number of amides is 1. The first-order valence-electron chi connectivity index (χ1n) is 23.3. The first-order chi connectivity index (χ1) is 35.1. The van der Waals surface area contributed by atoms with Gasteiger partial charge in [0.1, 0.15) is 37.1 Å². The van der Waals surface area contributed by atoms with Crippen LogP contribution >= 0.6 is 0 Å². The van der Waals surface area contributed by atoms with Crippen LogP contribution in [-0.2, 0) is 60.6 Å². The first kappa shape index (κ1) is 50.8. The van der Waals surface area contributed by atoms with E-state index in [2.05, 4.69) is 5.32 Å². The molecule has 2 saturated heterocycles. The lowest BCUT2D eigenvalue weighted by atomic mass is 9.94. The average molecular weight is 980 g/mol. The zero-order valence-electron chi connectivity index (χ0n) is 39.1. The quantitative estimate of drug-likeness (QED) is 0.0645. The van der Waals surface area contributed by atoms with Crippen molar-refractivity contribution in [2.75, 3.05) is 13.2 Å². The Kier molecular flexibility index (Phi) is 17.6. The molecule has 0 unspecified atom stereocenters. The maximum absolute atomic E-state index is 14.3. The number of esters is 4. The standard InChI is InChI=1S/C56H53NO15/c1-36(58)57-45-48(65-33-38-22-10-3-11-23-38)46(43(67-55(45)63)34-64-32-37-20-8-2-9-21-37)72-56-50(71-54(62)42-30-18-7-19-31-42)49(70-53(61)41-28-16-6-17-29-41)47(69-52(60)40-26-14-5-15-27-40)44(68-56)35-66-51(59)39-24-12-4-13-25-39/h2-31,43-50,55-56,63H,32-35H2,1H3,(H,57,58)/t43-,44-,45-,46-,47-,48-,49+,50-,55+,56-/m1/s1. The summed E-state index contributed by atoms with van der Waals surface area (Å²) in [5, 5.41) is 14.4. The molecule has 0 aliphatic carbocycles. The van der Waals surface area contributed by atoms with Crippen LogP contribution in [0, 0.1) is 0 Å². The minimum atomic E-state index is -1.81. The summed E-state index contributed by atoms with van der Waals surface area (Å²) in [5.74, 6) is -4.00. The molecule has 2 aliphatic rings. The summed E-state index contributed by atoms with van der Waals surface area (Å²) < 4.78 is 57.3. The van der Waals surface area contributed by atoms with Crippen molar-refractivity contribution < 1.29 is 71.7 Å². The van der Waals surface area contributed by atoms with Crippen LogP contribution in [0.25, 0.3) is 0 Å². The molecular weight excluding hydrogens is 927 g/mol. The van der Waals surface area contributed by atoms with Crippen LogP contribution in [0.4, 0.5) is 0 Å². The Morgan fingerprint density at radius 2 is 0.889 bits per heavy atom. The number of carbonyl (C=O) groups excluding carboxylic acids is 5. The predicted octanol–water partition coefficient (Wildman–Crippen LogP) is 6.65. The van der Waals surface area contributed by atoms with Crippen LogP contribution in [0.5, 0.6) is 0 Å². The molecule has 2 N–H and O–H groups in total. The molecule has 0 aromatic heterocycles. The highest BCUT2D eigenvalue weighted by Gasteiger charge is 2.57. The number of hydrogen-bond acceptors (Lipinski definition) is 15. The van der Waals surface area contributed by atoms with Crippen LogP contribution < -0.4 is 5.32 Å². The number of aliphatic hydroxyl groups is 1. The fourth-order valence-electron chi connectivity index (χ4n) is 8.23. The molecule has 72 heavy (non-hydrogen) atoms. The van der Waals surface area contributed by atoms with E-state index < -0.39 is 97.7 Å². The van der Waals surface area contributed by atoms with Crippen molar-refractivity contribution >= 4 is 29.8 Å². The summed E-state index contributed by atoms with van der Waals surface area (Å²) in [5.41, 5.74) is 2.05. The molecule has 2 fully saturated rings. The second-order valence-corrected chi connectivity index (χ2v) is 16.9. The second-order valence-electron chi connectivity index (χ2n) is 16.9. The van der Waals surface area contributed by atoms with Crippen molar-refractivity contribution in [1.29, 1.82) is 0 Å². The van der Waals surface area contributed by atoms with E-state index in [1.807, 2.05) is 60.7 Å². The summed E-state index contributed by atoms with van der Waals surface area (Å²) in [6.07, 6.45) is -14.0. The van der Waals surface area contributed by atoms with Crippen molar-refractivity contribution in [2.45, 2.75) is 81.5 Å². The molecule has 0 radical (unpaired) electrons. The van der Waals surface area contributed by atoms with Gasteiger partial charge in [0.2, 0.25) is 5.91 Å². The largest absolute Gasteiger partial charge is 0.459 e. The molecular formula is C56H53NO15. The summed E-state index contributed by atoms with van der Waals surface area (Å²) in [6.45, 7) is 0.491. The van der Waals surface area contributed by atoms with E-state index in [1.165, 1.54) is 43.3 Å². The minimum Gasteiger partial charge on any atom is -0.459 e. The zero-order chi connectivity index (χ0) is 50.2. The van der Waals surface area contributed by atoms with Gasteiger partial charge in [-0.1, -0.05) is 133 Å². The molecule has 1 amide bonds. The first-order valence-corrected chi connectivity index (χ1v) is 23.3. The Labute approximate surface area is 415 Å². The Morgan fingerprint density at radius 1 is 0.472 bits per heavy atom. The van der Waals surface area contributed by atoms with Gasteiger partial charge in [-0.15, -0.1) is 0 Å². The van der Waals surface area contributed by atoms with Crippen LogP contribution in [0.2, 0.25) is 0 Å². The molecule has 2 heterocycles. The van der Waals surface area contributed by atoms with E-state index in [0.717, 1.165) is 11.1 Å². The summed E-state index contributed by atoms with van der Waals surface area (Å²) in [6, 6.07) is 49.2. The maximum atomic E-state index is 14.3. The Morgan fingerprint density at radius 3 is 1.38 bits per heavy atom. The molecule has 6 aromatic rings. The monoisotopic (exact) mass is 979 g/mol. The smallest absolute Gasteiger partial charge is 0.338 e. The van der Waals surface area contributed by atoms with Gasteiger partial charge in [0.05, 0.1) is 42.1 Å². The number of nitrogens with one attached hydrogen (secondary N) is 1. The van der Waals surface area contributed by atoms with Crippen LogP contribution in [-0.4, -0.2) is 109 Å². The second kappa shape index (κ2) is 25.0. The fourth-order valence-corrected chi connectivity index (χ4v) is 8.23. The lowest BCUT2D eigenvalue weighted by Gasteiger charge is -2.49. The third kappa shape index (κ3) is 13.4. The lowest BCUT2D eigenvalue weighted by Crippen LogP contribution is -2.68. The molecule has 0 spiro atoms. The highest BCUT2D eigenvalue weighted by atomic mass is 16.8. The molecule has 10 atom stereocenters. The van der Waals surface area contributed by atoms with Gasteiger partial charge in [-0.3, -0.25) is 4.79 Å². The molecule has 6 aromatic carbocycles. The minimum absolute atomic E-state index is 0.0450. The van der Waals surface area contributed by atoms with Crippen molar-refractivity contribution in [1.82, 2.24) is 5.32 Å². The lowest BCUT2D eigenvalue weighted by molar-refractivity contribution is -0.347. The molecule has 2 aliphatic heterocycles. The predicted molar refractivity (Wildman–Crippen MR) is 257 cm³/mol. The molecule has 16 nitrogen and oxygen atoms in total. The molecule has 372 valence electrons. The summed E-state index contributed by atoms with van der Waals surface area (Å²) in [4.78, 5) is 69.2. The van der Waals surface area contributed by atoms with Gasteiger partial charge in [0.15, 0.2) is 30.9 Å². The fraction of sp³-hybridized carbons (Fsp3) is 0.268.